The Balaban J connectivity index is 2.14. The van der Waals surface area contributed by atoms with Crippen LogP contribution in [-0.4, -0.2) is 36.7 Å². The molecule has 0 saturated carbocycles. The zero-order valence-electron chi connectivity index (χ0n) is 11.4. The first-order chi connectivity index (χ1) is 9.22. The minimum absolute atomic E-state index is 0.747. The number of hydrogen-bond donors (Lipinski definition) is 0. The topological polar surface area (TPSA) is 25.4 Å². The summed E-state index contributed by atoms with van der Waals surface area (Å²) in [5.41, 5.74) is 2.07. The number of aromatic nitrogens is 1. The van der Waals surface area contributed by atoms with Crippen molar-refractivity contribution in [2.24, 2.45) is 0 Å². The minimum Gasteiger partial charge on any atom is -0.383 e. The first-order valence-electron chi connectivity index (χ1n) is 6.49. The quantitative estimate of drug-likeness (QED) is 0.810. The molecule has 0 aliphatic rings. The molecule has 0 unspecified atom stereocenters. The third kappa shape index (κ3) is 3.90. The van der Waals surface area contributed by atoms with E-state index in [0.717, 1.165) is 47.9 Å². The van der Waals surface area contributed by atoms with Gasteiger partial charge in [-0.1, -0.05) is 24.6 Å². The molecule has 2 rings (SSSR count). The molecule has 0 fully saturated rings. The molecular formula is C15H19ClN2O. The van der Waals surface area contributed by atoms with Crippen molar-refractivity contribution in [1.82, 2.24) is 9.88 Å². The summed E-state index contributed by atoms with van der Waals surface area (Å²) in [6, 6.07) is 9.92. The highest BCUT2D eigenvalue weighted by Gasteiger charge is 2.05. The van der Waals surface area contributed by atoms with Crippen LogP contribution in [0, 0.1) is 0 Å². The molecule has 0 radical (unpaired) electrons. The van der Waals surface area contributed by atoms with Gasteiger partial charge < -0.3 is 4.74 Å². The fourth-order valence-electron chi connectivity index (χ4n) is 2.03. The first kappa shape index (κ1) is 14.3. The average molecular weight is 279 g/mol. The van der Waals surface area contributed by atoms with Gasteiger partial charge in [-0.2, -0.15) is 0 Å². The maximum atomic E-state index is 5.97. The third-order valence-electron chi connectivity index (χ3n) is 3.15. The van der Waals surface area contributed by atoms with Crippen molar-refractivity contribution in [1.29, 1.82) is 0 Å². The molecule has 0 aliphatic carbocycles. The highest BCUT2D eigenvalue weighted by Crippen LogP contribution is 2.18. The first-order valence-corrected chi connectivity index (χ1v) is 6.87. The Morgan fingerprint density at radius 2 is 2.11 bits per heavy atom. The molecule has 4 heteroatoms. The number of halogens is 1. The van der Waals surface area contributed by atoms with E-state index >= 15 is 0 Å². The van der Waals surface area contributed by atoms with E-state index in [1.807, 2.05) is 18.2 Å². The van der Waals surface area contributed by atoms with E-state index in [4.69, 9.17) is 16.3 Å². The lowest BCUT2D eigenvalue weighted by molar-refractivity contribution is 0.147. The summed E-state index contributed by atoms with van der Waals surface area (Å²) in [6.07, 6.45) is 0. The van der Waals surface area contributed by atoms with Crippen molar-refractivity contribution >= 4 is 22.5 Å². The van der Waals surface area contributed by atoms with Gasteiger partial charge in [0.1, 0.15) is 0 Å². The molecule has 0 aliphatic heterocycles. The second-order valence-corrected chi connectivity index (χ2v) is 4.94. The molecule has 0 atom stereocenters. The lowest BCUT2D eigenvalue weighted by atomic mass is 10.2. The molecule has 3 nitrogen and oxygen atoms in total. The number of fused-ring (bicyclic) bond motifs is 1. The van der Waals surface area contributed by atoms with Crippen molar-refractivity contribution in [2.75, 3.05) is 26.8 Å². The Hall–Kier alpha value is -1.16. The Morgan fingerprint density at radius 1 is 1.26 bits per heavy atom. The van der Waals surface area contributed by atoms with Gasteiger partial charge in [0.2, 0.25) is 0 Å². The molecular weight excluding hydrogens is 260 g/mol. The minimum atomic E-state index is 0.747. The number of ether oxygens (including phenoxy) is 1. The molecule has 2 aromatic rings. The highest BCUT2D eigenvalue weighted by atomic mass is 35.5. The third-order valence-corrected chi connectivity index (χ3v) is 3.39. The van der Waals surface area contributed by atoms with Crippen LogP contribution in [0.5, 0.6) is 0 Å². The van der Waals surface area contributed by atoms with Crippen LogP contribution in [0.1, 0.15) is 12.6 Å². The number of nitrogens with zero attached hydrogens (tertiary/aromatic N) is 2. The summed E-state index contributed by atoms with van der Waals surface area (Å²) in [4.78, 5) is 6.98. The molecule has 0 amide bonds. The van der Waals surface area contributed by atoms with Gasteiger partial charge in [-0.3, -0.25) is 9.88 Å². The second kappa shape index (κ2) is 6.85. The fraction of sp³-hybridized carbons (Fsp3) is 0.400. The van der Waals surface area contributed by atoms with E-state index in [2.05, 4.69) is 28.9 Å². The molecule has 102 valence electrons. The number of benzene rings is 1. The van der Waals surface area contributed by atoms with Gasteiger partial charge in [-0.15, -0.1) is 0 Å². The van der Waals surface area contributed by atoms with Crippen molar-refractivity contribution in [2.45, 2.75) is 13.5 Å². The van der Waals surface area contributed by atoms with Crippen molar-refractivity contribution in [3.05, 3.63) is 41.0 Å². The number of pyridine rings is 1. The summed E-state index contributed by atoms with van der Waals surface area (Å²) in [7, 11) is 1.73. The lowest BCUT2D eigenvalue weighted by Crippen LogP contribution is -2.27. The zero-order valence-corrected chi connectivity index (χ0v) is 12.2. The van der Waals surface area contributed by atoms with E-state index in [0.29, 0.717) is 0 Å². The Morgan fingerprint density at radius 3 is 2.84 bits per heavy atom. The summed E-state index contributed by atoms with van der Waals surface area (Å²) >= 11 is 5.97. The van der Waals surface area contributed by atoms with Gasteiger partial charge in [-0.05, 0) is 30.8 Å². The summed E-state index contributed by atoms with van der Waals surface area (Å²) < 4.78 is 5.12. The molecule has 1 heterocycles. The van der Waals surface area contributed by atoms with E-state index in [1.54, 1.807) is 7.11 Å². The maximum absolute atomic E-state index is 5.97. The van der Waals surface area contributed by atoms with Crippen molar-refractivity contribution in [3.63, 3.8) is 0 Å². The fourth-order valence-corrected chi connectivity index (χ4v) is 2.21. The van der Waals surface area contributed by atoms with Crippen LogP contribution in [0.4, 0.5) is 0 Å². The monoisotopic (exact) mass is 278 g/mol. The number of methoxy groups -OCH3 is 1. The van der Waals surface area contributed by atoms with Gasteiger partial charge in [0.05, 0.1) is 17.8 Å². The average Bonchev–Trinajstić information content (AvgIpc) is 2.43. The SMILES string of the molecule is CCN(CCOC)Cc1ccc2cc(Cl)ccc2n1. The highest BCUT2D eigenvalue weighted by molar-refractivity contribution is 6.31. The Kier molecular flexibility index (Phi) is 5.14. The molecule has 0 saturated heterocycles. The van der Waals surface area contributed by atoms with E-state index in [9.17, 15) is 0 Å². The standard InChI is InChI=1S/C15H19ClN2O/c1-3-18(8-9-19-2)11-14-6-4-12-10-13(16)5-7-15(12)17-14/h4-7,10H,3,8-9,11H2,1-2H3. The van der Waals surface area contributed by atoms with Crippen LogP contribution in [0.15, 0.2) is 30.3 Å². The smallest absolute Gasteiger partial charge is 0.0706 e. The predicted molar refractivity (Wildman–Crippen MR) is 79.6 cm³/mol. The molecule has 0 bridgehead atoms. The largest absolute Gasteiger partial charge is 0.383 e. The number of likely N-dealkylation sites (N-methyl/N-ethyl adjacent to an activating group) is 1. The van der Waals surface area contributed by atoms with Gasteiger partial charge >= 0.3 is 0 Å². The van der Waals surface area contributed by atoms with E-state index in [-0.39, 0.29) is 0 Å². The Bertz CT molecular complexity index is 545. The molecule has 0 spiro atoms. The molecule has 1 aromatic heterocycles. The van der Waals surface area contributed by atoms with Crippen LogP contribution < -0.4 is 0 Å². The van der Waals surface area contributed by atoms with Gasteiger partial charge in [0.25, 0.3) is 0 Å². The maximum Gasteiger partial charge on any atom is 0.0706 e. The van der Waals surface area contributed by atoms with Gasteiger partial charge in [0.15, 0.2) is 0 Å². The molecule has 0 N–H and O–H groups in total. The van der Waals surface area contributed by atoms with Gasteiger partial charge in [0, 0.05) is 30.6 Å². The Labute approximate surface area is 119 Å². The second-order valence-electron chi connectivity index (χ2n) is 4.50. The zero-order chi connectivity index (χ0) is 13.7. The van der Waals surface area contributed by atoms with Crippen LogP contribution in [0.3, 0.4) is 0 Å². The number of rotatable bonds is 6. The van der Waals surface area contributed by atoms with Crippen molar-refractivity contribution in [3.8, 4) is 0 Å². The van der Waals surface area contributed by atoms with Crippen molar-refractivity contribution < 1.29 is 4.74 Å². The number of hydrogen-bond acceptors (Lipinski definition) is 3. The summed E-state index contributed by atoms with van der Waals surface area (Å²) in [6.45, 7) is 5.66. The van der Waals surface area contributed by atoms with Gasteiger partial charge in [-0.25, -0.2) is 0 Å². The predicted octanol–water partition coefficient (Wildman–Crippen LogP) is 3.36. The normalized spacial score (nSPS) is 11.4. The van der Waals surface area contributed by atoms with Crippen LogP contribution in [0.2, 0.25) is 5.02 Å². The molecule has 19 heavy (non-hydrogen) atoms. The summed E-state index contributed by atoms with van der Waals surface area (Å²) in [5.74, 6) is 0. The van der Waals surface area contributed by atoms with Crippen LogP contribution >= 0.6 is 11.6 Å². The van der Waals surface area contributed by atoms with Crippen LogP contribution in [0.25, 0.3) is 10.9 Å². The van der Waals surface area contributed by atoms with E-state index < -0.39 is 0 Å². The summed E-state index contributed by atoms with van der Waals surface area (Å²) in [5, 5.41) is 1.83. The van der Waals surface area contributed by atoms with Crippen LogP contribution in [-0.2, 0) is 11.3 Å². The van der Waals surface area contributed by atoms with E-state index in [1.165, 1.54) is 0 Å². The lowest BCUT2D eigenvalue weighted by Gasteiger charge is -2.19. The molecule has 1 aromatic carbocycles.